The lowest BCUT2D eigenvalue weighted by Gasteiger charge is -2.32. The molecule has 1 fully saturated rings. The first-order valence-corrected chi connectivity index (χ1v) is 13.3. The van der Waals surface area contributed by atoms with Crippen molar-refractivity contribution in [3.63, 3.8) is 0 Å². The number of carbonyl (C=O) groups excluding carboxylic acids is 2. The van der Waals surface area contributed by atoms with E-state index in [1.54, 1.807) is 21.7 Å². The molecule has 0 radical (unpaired) electrons. The van der Waals surface area contributed by atoms with Gasteiger partial charge in [0.25, 0.3) is 0 Å². The second-order valence-corrected chi connectivity index (χ2v) is 9.83. The highest BCUT2D eigenvalue weighted by Gasteiger charge is 2.32. The molecule has 0 saturated carbocycles. The molecule has 4 aromatic rings. The van der Waals surface area contributed by atoms with Gasteiger partial charge in [-0.25, -0.2) is 9.07 Å². The molecule has 39 heavy (non-hydrogen) atoms. The molecule has 1 aliphatic rings. The van der Waals surface area contributed by atoms with Crippen LogP contribution in [0, 0.1) is 12.7 Å². The van der Waals surface area contributed by atoms with Crippen molar-refractivity contribution in [2.75, 3.05) is 19.7 Å². The smallest absolute Gasteiger partial charge is 0.247 e. The highest BCUT2D eigenvalue weighted by Crippen LogP contribution is 2.24. The summed E-state index contributed by atoms with van der Waals surface area (Å²) in [5, 5.41) is 11.3. The molecular weight excluding hydrogens is 497 g/mol. The molecule has 1 aromatic heterocycles. The molecule has 2 atom stereocenters. The molecule has 1 aliphatic heterocycles. The number of nitrogens with zero attached hydrogens (tertiary/aromatic N) is 4. The number of hydrogen-bond donors (Lipinski definition) is 1. The van der Waals surface area contributed by atoms with E-state index in [4.69, 9.17) is 4.74 Å². The minimum absolute atomic E-state index is 0.0551. The molecule has 202 valence electrons. The molecule has 2 amide bonds. The first-order chi connectivity index (χ1) is 19.0. The summed E-state index contributed by atoms with van der Waals surface area (Å²) in [4.78, 5) is 29.3. The average Bonchev–Trinajstić information content (AvgIpc) is 3.62. The lowest BCUT2D eigenvalue weighted by atomic mass is 10.0. The molecular formula is C30H32FN5O3. The van der Waals surface area contributed by atoms with E-state index in [0.717, 1.165) is 29.5 Å². The summed E-state index contributed by atoms with van der Waals surface area (Å²) >= 11 is 0. The van der Waals surface area contributed by atoms with Crippen LogP contribution in [0.2, 0.25) is 0 Å². The van der Waals surface area contributed by atoms with Gasteiger partial charge in [0.1, 0.15) is 23.9 Å². The summed E-state index contributed by atoms with van der Waals surface area (Å²) in [7, 11) is 0. The van der Waals surface area contributed by atoms with E-state index in [0.29, 0.717) is 30.7 Å². The van der Waals surface area contributed by atoms with Gasteiger partial charge < -0.3 is 15.0 Å². The molecule has 0 bridgehead atoms. The van der Waals surface area contributed by atoms with E-state index in [9.17, 15) is 14.0 Å². The summed E-state index contributed by atoms with van der Waals surface area (Å²) in [5.41, 5.74) is 4.13. The quantitative estimate of drug-likeness (QED) is 0.336. The second kappa shape index (κ2) is 12.2. The van der Waals surface area contributed by atoms with Gasteiger partial charge in [0, 0.05) is 19.7 Å². The van der Waals surface area contributed by atoms with Crippen LogP contribution in [0.4, 0.5) is 4.39 Å². The number of hydrogen-bond acceptors (Lipinski definition) is 5. The maximum atomic E-state index is 14.0. The standard InChI is InChI=1S/C30H32FN5O3/c1-21-7-2-3-8-22(21)16-17-35(28(37)20-36-27-11-5-4-10-26(27)33-34-36)29(23-12-14-24(31)15-13-23)30(38)32-19-25-9-6-18-39-25/h2-5,7-8,10-15,25,29H,6,9,16-20H2,1H3,(H,32,38)/t25-,29-/m1/s1. The number of nitrogens with one attached hydrogen (secondary N) is 1. The fourth-order valence-corrected chi connectivity index (χ4v) is 5.02. The highest BCUT2D eigenvalue weighted by atomic mass is 19.1. The van der Waals surface area contributed by atoms with Crippen LogP contribution in [0.15, 0.2) is 72.8 Å². The molecule has 0 spiro atoms. The van der Waals surface area contributed by atoms with Gasteiger partial charge in [-0.1, -0.05) is 53.7 Å². The summed E-state index contributed by atoms with van der Waals surface area (Å²) < 4.78 is 21.1. The number of fused-ring (bicyclic) bond motifs is 1. The third-order valence-corrected chi connectivity index (χ3v) is 7.18. The van der Waals surface area contributed by atoms with Crippen molar-refractivity contribution in [1.29, 1.82) is 0 Å². The Morgan fingerprint density at radius 2 is 1.87 bits per heavy atom. The van der Waals surface area contributed by atoms with Gasteiger partial charge in [-0.15, -0.1) is 5.10 Å². The number of para-hydroxylation sites is 1. The Kier molecular flexibility index (Phi) is 8.27. The third kappa shape index (κ3) is 6.31. The first kappa shape index (κ1) is 26.5. The Morgan fingerprint density at radius 3 is 2.64 bits per heavy atom. The Balaban J connectivity index is 1.47. The first-order valence-electron chi connectivity index (χ1n) is 13.3. The lowest BCUT2D eigenvalue weighted by Crippen LogP contribution is -2.47. The van der Waals surface area contributed by atoms with Crippen molar-refractivity contribution in [3.8, 4) is 0 Å². The van der Waals surface area contributed by atoms with E-state index in [1.165, 1.54) is 12.1 Å². The number of amides is 2. The van der Waals surface area contributed by atoms with Crippen molar-refractivity contribution in [2.45, 2.75) is 44.9 Å². The number of ether oxygens (including phenoxy) is 1. The minimum Gasteiger partial charge on any atom is -0.376 e. The molecule has 0 aliphatic carbocycles. The Bertz CT molecular complexity index is 1430. The zero-order chi connectivity index (χ0) is 27.2. The van der Waals surface area contributed by atoms with Crippen molar-refractivity contribution in [2.24, 2.45) is 0 Å². The molecule has 5 rings (SSSR count). The number of rotatable bonds is 10. The van der Waals surface area contributed by atoms with E-state index in [-0.39, 0.29) is 31.0 Å². The summed E-state index contributed by atoms with van der Waals surface area (Å²) in [6.07, 6.45) is 2.32. The average molecular weight is 530 g/mol. The molecule has 9 heteroatoms. The summed E-state index contributed by atoms with van der Waals surface area (Å²) in [5.74, 6) is -1.04. The molecule has 2 heterocycles. The van der Waals surface area contributed by atoms with Crippen LogP contribution in [0.25, 0.3) is 11.0 Å². The van der Waals surface area contributed by atoms with Gasteiger partial charge in [-0.2, -0.15) is 0 Å². The predicted molar refractivity (Wildman–Crippen MR) is 145 cm³/mol. The van der Waals surface area contributed by atoms with Crippen molar-refractivity contribution < 1.29 is 18.7 Å². The molecule has 1 N–H and O–H groups in total. The van der Waals surface area contributed by atoms with Crippen LogP contribution in [0.5, 0.6) is 0 Å². The van der Waals surface area contributed by atoms with Crippen LogP contribution < -0.4 is 5.32 Å². The van der Waals surface area contributed by atoms with Crippen molar-refractivity contribution in [1.82, 2.24) is 25.2 Å². The zero-order valence-corrected chi connectivity index (χ0v) is 21.9. The maximum Gasteiger partial charge on any atom is 0.247 e. The van der Waals surface area contributed by atoms with E-state index in [1.807, 2.05) is 55.5 Å². The summed E-state index contributed by atoms with van der Waals surface area (Å²) in [6.45, 7) is 3.24. The largest absolute Gasteiger partial charge is 0.376 e. The molecule has 3 aromatic carbocycles. The lowest BCUT2D eigenvalue weighted by molar-refractivity contribution is -0.141. The Morgan fingerprint density at radius 1 is 1.10 bits per heavy atom. The number of halogens is 1. The fourth-order valence-electron chi connectivity index (χ4n) is 5.02. The Labute approximate surface area is 226 Å². The van der Waals surface area contributed by atoms with E-state index in [2.05, 4.69) is 15.6 Å². The number of aromatic nitrogens is 3. The van der Waals surface area contributed by atoms with Gasteiger partial charge in [-0.05, 0) is 67.1 Å². The highest BCUT2D eigenvalue weighted by molar-refractivity contribution is 5.89. The Hall–Kier alpha value is -4.11. The number of benzene rings is 3. The monoisotopic (exact) mass is 529 g/mol. The van der Waals surface area contributed by atoms with Gasteiger partial charge in [0.2, 0.25) is 11.8 Å². The van der Waals surface area contributed by atoms with Gasteiger partial charge in [0.15, 0.2) is 0 Å². The SMILES string of the molecule is Cc1ccccc1CCN(C(=O)Cn1nnc2ccccc21)[C@@H](C(=O)NC[C@H]1CCCO1)c1ccc(F)cc1. The van der Waals surface area contributed by atoms with E-state index < -0.39 is 11.9 Å². The maximum absolute atomic E-state index is 14.0. The van der Waals surface area contributed by atoms with Crippen LogP contribution in [0.1, 0.15) is 35.6 Å². The van der Waals surface area contributed by atoms with Gasteiger partial charge in [0.05, 0.1) is 11.6 Å². The van der Waals surface area contributed by atoms with Crippen LogP contribution in [0.3, 0.4) is 0 Å². The number of carbonyl (C=O) groups is 2. The summed E-state index contributed by atoms with van der Waals surface area (Å²) in [6, 6.07) is 20.2. The zero-order valence-electron chi connectivity index (χ0n) is 21.9. The van der Waals surface area contributed by atoms with Gasteiger partial charge >= 0.3 is 0 Å². The second-order valence-electron chi connectivity index (χ2n) is 9.83. The van der Waals surface area contributed by atoms with Crippen molar-refractivity contribution >= 4 is 22.8 Å². The van der Waals surface area contributed by atoms with E-state index >= 15 is 0 Å². The normalized spacial score (nSPS) is 15.8. The van der Waals surface area contributed by atoms with Crippen LogP contribution >= 0.6 is 0 Å². The van der Waals surface area contributed by atoms with Crippen LogP contribution in [-0.2, 0) is 27.3 Å². The minimum atomic E-state index is -0.960. The third-order valence-electron chi connectivity index (χ3n) is 7.18. The van der Waals surface area contributed by atoms with Crippen LogP contribution in [-0.4, -0.2) is 57.5 Å². The molecule has 0 unspecified atom stereocenters. The molecule has 1 saturated heterocycles. The van der Waals surface area contributed by atoms with Gasteiger partial charge in [-0.3, -0.25) is 9.59 Å². The number of aryl methyl sites for hydroxylation is 1. The van der Waals surface area contributed by atoms with Crippen molar-refractivity contribution in [3.05, 3.63) is 95.3 Å². The topological polar surface area (TPSA) is 89.4 Å². The predicted octanol–water partition coefficient (Wildman–Crippen LogP) is 3.99. The fraction of sp³-hybridized carbons (Fsp3) is 0.333. The molecule has 8 nitrogen and oxygen atoms in total.